The predicted octanol–water partition coefficient (Wildman–Crippen LogP) is 7.61. The molecule has 3 aromatic rings. The molecule has 0 saturated carbocycles. The molecule has 1 unspecified atom stereocenters. The van der Waals surface area contributed by atoms with Gasteiger partial charge in [-0.05, 0) is 53.3 Å². The molecule has 0 aliphatic heterocycles. The fraction of sp³-hybridized carbons (Fsp3) is 0.200. The highest BCUT2D eigenvalue weighted by molar-refractivity contribution is 7.93. The van der Waals surface area contributed by atoms with Gasteiger partial charge in [0.1, 0.15) is 6.04 Å². The maximum absolute atomic E-state index is 14.1. The Morgan fingerprint density at radius 2 is 1.57 bits per heavy atom. The number of carbonyl (C=O) groups is 2. The maximum atomic E-state index is 14.1. The molecule has 2 aliphatic carbocycles. The van der Waals surface area contributed by atoms with Gasteiger partial charge in [0, 0.05) is 22.4 Å². The van der Waals surface area contributed by atoms with Crippen LogP contribution in [0.2, 0.25) is 10.0 Å². The van der Waals surface area contributed by atoms with E-state index in [-0.39, 0.29) is 32.7 Å². The number of unbranched alkanes of at least 4 members (excludes halogenated alkanes) is 1. The SMILES string of the molecule is CCCCC(C(=O)O)N(c1c(NC(C)=O)ccc2ccccc12)S(=O)(=O)c1cc(Cl)cc(Cl)c1.c1cc2cc-2c1. The van der Waals surface area contributed by atoms with Crippen molar-refractivity contribution in [2.24, 2.45) is 0 Å². The Morgan fingerprint density at radius 3 is 2.10 bits per heavy atom. The molecule has 0 radical (unpaired) electrons. The van der Waals surface area contributed by atoms with Crippen LogP contribution >= 0.6 is 23.2 Å². The zero-order valence-corrected chi connectivity index (χ0v) is 24.2. The minimum atomic E-state index is -4.49. The number of nitrogens with zero attached hydrogens (tertiary/aromatic N) is 1. The summed E-state index contributed by atoms with van der Waals surface area (Å²) in [6.07, 6.45) is 1.19. The first kappa shape index (κ1) is 29.4. The second-order valence-corrected chi connectivity index (χ2v) is 12.0. The number of carbonyl (C=O) groups excluding carboxylic acids is 1. The lowest BCUT2D eigenvalue weighted by atomic mass is 10.0. The molecule has 10 heteroatoms. The van der Waals surface area contributed by atoms with E-state index in [1.54, 1.807) is 36.4 Å². The first-order valence-electron chi connectivity index (χ1n) is 12.7. The minimum Gasteiger partial charge on any atom is -0.480 e. The summed E-state index contributed by atoms with van der Waals surface area (Å²) >= 11 is 12.2. The van der Waals surface area contributed by atoms with Gasteiger partial charge in [-0.25, -0.2) is 17.5 Å². The highest BCUT2D eigenvalue weighted by Gasteiger charge is 2.38. The molecular weight excluding hydrogens is 571 g/mol. The number of sulfonamides is 1. The molecule has 208 valence electrons. The molecule has 0 bridgehead atoms. The lowest BCUT2D eigenvalue weighted by Gasteiger charge is -2.33. The molecule has 0 spiro atoms. The van der Waals surface area contributed by atoms with E-state index in [9.17, 15) is 23.1 Å². The van der Waals surface area contributed by atoms with Gasteiger partial charge < -0.3 is 10.4 Å². The van der Waals surface area contributed by atoms with Gasteiger partial charge in [0.15, 0.2) is 0 Å². The molecule has 40 heavy (non-hydrogen) atoms. The third-order valence-electron chi connectivity index (χ3n) is 6.34. The molecule has 2 aliphatic rings. The van der Waals surface area contributed by atoms with Crippen molar-refractivity contribution in [3.63, 3.8) is 0 Å². The summed E-state index contributed by atoms with van der Waals surface area (Å²) in [5, 5.41) is 14.1. The van der Waals surface area contributed by atoms with Crippen LogP contribution in [-0.2, 0) is 19.6 Å². The predicted molar refractivity (Wildman–Crippen MR) is 161 cm³/mol. The fourth-order valence-electron chi connectivity index (χ4n) is 4.43. The average molecular weight is 600 g/mol. The summed E-state index contributed by atoms with van der Waals surface area (Å²) in [7, 11) is -4.49. The molecule has 5 rings (SSSR count). The lowest BCUT2D eigenvalue weighted by Crippen LogP contribution is -2.46. The maximum Gasteiger partial charge on any atom is 0.327 e. The summed E-state index contributed by atoms with van der Waals surface area (Å²) in [5.74, 6) is -1.74. The van der Waals surface area contributed by atoms with Gasteiger partial charge >= 0.3 is 5.97 Å². The van der Waals surface area contributed by atoms with Crippen LogP contribution in [0.1, 0.15) is 33.1 Å². The van der Waals surface area contributed by atoms with E-state index in [1.807, 2.05) is 6.92 Å². The van der Waals surface area contributed by atoms with Crippen molar-refractivity contribution in [3.8, 4) is 11.1 Å². The first-order valence-corrected chi connectivity index (χ1v) is 14.9. The van der Waals surface area contributed by atoms with E-state index in [4.69, 9.17) is 23.2 Å². The van der Waals surface area contributed by atoms with Gasteiger partial charge in [0.2, 0.25) is 5.91 Å². The van der Waals surface area contributed by atoms with Crippen molar-refractivity contribution in [2.45, 2.75) is 44.0 Å². The number of fused-ring (bicyclic) bond motifs is 2. The summed E-state index contributed by atoms with van der Waals surface area (Å²) < 4.78 is 29.0. The number of halogens is 2. The smallest absolute Gasteiger partial charge is 0.327 e. The van der Waals surface area contributed by atoms with Gasteiger partial charge in [-0.2, -0.15) is 0 Å². The topological polar surface area (TPSA) is 104 Å². The summed E-state index contributed by atoms with van der Waals surface area (Å²) in [6.45, 7) is 3.18. The first-order chi connectivity index (χ1) is 19.0. The molecule has 1 atom stereocenters. The Bertz CT molecular complexity index is 1650. The minimum absolute atomic E-state index is 0.0576. The number of benzene rings is 4. The number of amides is 1. The van der Waals surface area contributed by atoms with Gasteiger partial charge in [-0.3, -0.25) is 4.79 Å². The zero-order valence-electron chi connectivity index (χ0n) is 21.9. The second-order valence-electron chi connectivity index (χ2n) is 9.35. The fourth-order valence-corrected chi connectivity index (χ4v) is 6.83. The Kier molecular flexibility index (Phi) is 9.03. The number of carboxylic acids is 1. The Labute approximate surface area is 243 Å². The van der Waals surface area contributed by atoms with E-state index in [0.29, 0.717) is 23.6 Å². The van der Waals surface area contributed by atoms with Gasteiger partial charge in [0.25, 0.3) is 10.0 Å². The highest BCUT2D eigenvalue weighted by atomic mass is 35.5. The quantitative estimate of drug-likeness (QED) is 0.182. The van der Waals surface area contributed by atoms with E-state index < -0.39 is 27.9 Å². The monoisotopic (exact) mass is 598 g/mol. The molecule has 1 amide bonds. The van der Waals surface area contributed by atoms with Crippen LogP contribution < -0.4 is 9.62 Å². The number of carboxylic acid groups (broad SMARTS) is 1. The average Bonchev–Trinajstić information content (AvgIpc) is 3.50. The van der Waals surface area contributed by atoms with Crippen molar-refractivity contribution < 1.29 is 23.1 Å². The van der Waals surface area contributed by atoms with Crippen molar-refractivity contribution in [2.75, 3.05) is 9.62 Å². The number of rotatable bonds is 9. The summed E-state index contributed by atoms with van der Waals surface area (Å²) in [6, 6.07) is 21.1. The van der Waals surface area contributed by atoms with E-state index in [2.05, 4.69) is 29.6 Å². The van der Waals surface area contributed by atoms with Crippen molar-refractivity contribution in [1.29, 1.82) is 0 Å². The van der Waals surface area contributed by atoms with Crippen LogP contribution in [0, 0.1) is 0 Å². The Hall–Kier alpha value is -3.59. The molecule has 0 heterocycles. The number of nitrogens with one attached hydrogen (secondary N) is 1. The van der Waals surface area contributed by atoms with Gasteiger partial charge in [0.05, 0.1) is 16.3 Å². The van der Waals surface area contributed by atoms with Crippen LogP contribution in [0.4, 0.5) is 11.4 Å². The molecule has 0 fully saturated rings. The van der Waals surface area contributed by atoms with Crippen LogP contribution in [0.3, 0.4) is 0 Å². The molecule has 3 aromatic carbocycles. The van der Waals surface area contributed by atoms with Crippen LogP contribution in [0.15, 0.2) is 83.8 Å². The van der Waals surface area contributed by atoms with E-state index in [1.165, 1.54) is 36.2 Å². The van der Waals surface area contributed by atoms with Crippen LogP contribution in [0.25, 0.3) is 21.9 Å². The van der Waals surface area contributed by atoms with E-state index in [0.717, 1.165) is 4.31 Å². The van der Waals surface area contributed by atoms with Crippen molar-refractivity contribution in [3.05, 3.63) is 88.9 Å². The molecule has 2 N–H and O–H groups in total. The molecule has 0 aromatic heterocycles. The van der Waals surface area contributed by atoms with Crippen LogP contribution in [0.5, 0.6) is 0 Å². The molecule has 7 nitrogen and oxygen atoms in total. The van der Waals surface area contributed by atoms with Gasteiger partial charge in [-0.1, -0.05) is 91.5 Å². The van der Waals surface area contributed by atoms with Crippen molar-refractivity contribution in [1.82, 2.24) is 0 Å². The highest BCUT2D eigenvalue weighted by Crippen LogP contribution is 2.41. The Morgan fingerprint density at radius 1 is 0.925 bits per heavy atom. The number of hydrogen-bond acceptors (Lipinski definition) is 4. The second kappa shape index (κ2) is 12.3. The van der Waals surface area contributed by atoms with Gasteiger partial charge in [-0.15, -0.1) is 0 Å². The molecule has 0 saturated heterocycles. The zero-order chi connectivity index (χ0) is 29.0. The third kappa shape index (κ3) is 6.58. The standard InChI is InChI=1S/C24H24Cl2N2O5S.C6H4/c1-3-4-9-22(24(30)31)28(34(32,33)19-13-17(25)12-18(26)14-19)23-20-8-6-5-7-16(20)10-11-21(23)27-15(2)29;1-2-5-4-6(5)3-1/h5-8,10-14,22H,3-4,9H2,1-2H3,(H,27,29)(H,30,31);1-4H. The normalized spacial score (nSPS) is 12.2. The lowest BCUT2D eigenvalue weighted by molar-refractivity contribution is -0.138. The number of aliphatic carboxylic acids is 1. The number of anilines is 2. The largest absolute Gasteiger partial charge is 0.480 e. The van der Waals surface area contributed by atoms with E-state index >= 15 is 0 Å². The third-order valence-corrected chi connectivity index (χ3v) is 8.56. The number of hydrogen-bond donors (Lipinski definition) is 2. The van der Waals surface area contributed by atoms with Crippen LogP contribution in [-0.4, -0.2) is 31.4 Å². The summed E-state index contributed by atoms with van der Waals surface area (Å²) in [5.41, 5.74) is 3.09. The molecular formula is C30H28Cl2N2O5S. The Balaban J connectivity index is 0.000000534. The summed E-state index contributed by atoms with van der Waals surface area (Å²) in [4.78, 5) is 24.2. The van der Waals surface area contributed by atoms with Crippen molar-refractivity contribution >= 4 is 67.2 Å².